The maximum atomic E-state index is 13.7. The zero-order valence-corrected chi connectivity index (χ0v) is 19.6. The smallest absolute Gasteiger partial charge is 0.338 e. The third kappa shape index (κ3) is 4.23. The molecule has 1 saturated heterocycles. The highest BCUT2D eigenvalue weighted by Gasteiger charge is 2.58. The average Bonchev–Trinajstić information content (AvgIpc) is 2.82. The van der Waals surface area contributed by atoms with Crippen LogP contribution in [0, 0.1) is 17.0 Å². The Bertz CT molecular complexity index is 1210. The number of rotatable bonds is 5. The third-order valence-corrected chi connectivity index (χ3v) is 8.63. The Morgan fingerprint density at radius 1 is 1.09 bits per heavy atom. The van der Waals surface area contributed by atoms with Gasteiger partial charge in [0.05, 0.1) is 15.4 Å². The maximum Gasteiger partial charge on any atom is 0.338 e. The first-order chi connectivity index (χ1) is 16.2. The Balaban J connectivity index is 1.69. The maximum absolute atomic E-state index is 13.7. The highest BCUT2D eigenvalue weighted by Crippen LogP contribution is 2.43. The zero-order valence-electron chi connectivity index (χ0n) is 18.8. The van der Waals surface area contributed by atoms with Crippen LogP contribution < -0.4 is 0 Å². The van der Waals surface area contributed by atoms with E-state index in [1.165, 1.54) is 40.7 Å². The van der Waals surface area contributed by atoms with Crippen molar-refractivity contribution in [1.29, 1.82) is 0 Å². The lowest BCUT2D eigenvalue weighted by Gasteiger charge is -2.50. The number of aryl methyl sites for hydroxylation is 1. The average molecular weight is 487 g/mol. The van der Waals surface area contributed by atoms with Crippen LogP contribution in [0.25, 0.3) is 0 Å². The molecule has 2 atom stereocenters. The van der Waals surface area contributed by atoms with E-state index in [2.05, 4.69) is 0 Å². The Hall–Kier alpha value is -3.11. The van der Waals surface area contributed by atoms with E-state index >= 15 is 0 Å². The number of benzene rings is 2. The van der Waals surface area contributed by atoms with E-state index in [9.17, 15) is 28.1 Å². The van der Waals surface area contributed by atoms with Crippen LogP contribution in [0.5, 0.6) is 0 Å². The van der Waals surface area contributed by atoms with Crippen molar-refractivity contribution in [2.45, 2.75) is 62.0 Å². The van der Waals surface area contributed by atoms with Gasteiger partial charge in [0.2, 0.25) is 10.0 Å². The minimum Gasteiger partial charge on any atom is -0.456 e. The predicted octanol–water partition coefficient (Wildman–Crippen LogP) is 3.80. The fourth-order valence-electron chi connectivity index (χ4n) is 4.90. The lowest BCUT2D eigenvalue weighted by molar-refractivity contribution is -0.384. The number of esters is 1. The first-order valence-corrected chi connectivity index (χ1v) is 12.7. The van der Waals surface area contributed by atoms with Crippen molar-refractivity contribution in [3.8, 4) is 0 Å². The second-order valence-electron chi connectivity index (χ2n) is 8.78. The first kappa shape index (κ1) is 24.0. The minimum atomic E-state index is -4.02. The molecule has 1 aliphatic carbocycles. The predicted molar refractivity (Wildman–Crippen MR) is 123 cm³/mol. The minimum absolute atomic E-state index is 0.0955. The lowest BCUT2D eigenvalue weighted by Crippen LogP contribution is -2.67. The van der Waals surface area contributed by atoms with E-state index in [-0.39, 0.29) is 41.3 Å². The van der Waals surface area contributed by atoms with Gasteiger partial charge in [0.15, 0.2) is 5.78 Å². The van der Waals surface area contributed by atoms with Gasteiger partial charge in [-0.3, -0.25) is 14.9 Å². The number of nitrogens with zero attached hydrogens (tertiary/aromatic N) is 2. The fourth-order valence-corrected chi connectivity index (χ4v) is 6.75. The van der Waals surface area contributed by atoms with Crippen LogP contribution in [0.2, 0.25) is 0 Å². The van der Waals surface area contributed by atoms with Gasteiger partial charge in [-0.2, -0.15) is 4.31 Å². The van der Waals surface area contributed by atoms with Gasteiger partial charge in [0.25, 0.3) is 5.69 Å². The Morgan fingerprint density at radius 3 is 2.38 bits per heavy atom. The summed E-state index contributed by atoms with van der Waals surface area (Å²) in [7, 11) is -4.02. The van der Waals surface area contributed by atoms with Crippen LogP contribution in [-0.4, -0.2) is 47.6 Å². The van der Waals surface area contributed by atoms with Crippen molar-refractivity contribution in [1.82, 2.24) is 4.31 Å². The van der Waals surface area contributed by atoms with Crippen LogP contribution in [0.15, 0.2) is 53.4 Å². The van der Waals surface area contributed by atoms with Crippen molar-refractivity contribution in [2.75, 3.05) is 6.54 Å². The molecule has 0 unspecified atom stereocenters. The van der Waals surface area contributed by atoms with Gasteiger partial charge in [0, 0.05) is 25.1 Å². The highest BCUT2D eigenvalue weighted by molar-refractivity contribution is 7.89. The molecule has 1 saturated carbocycles. The summed E-state index contributed by atoms with van der Waals surface area (Å²) in [6.45, 7) is 2.02. The molecule has 4 rings (SSSR count). The highest BCUT2D eigenvalue weighted by atomic mass is 32.2. The van der Waals surface area contributed by atoms with E-state index in [0.29, 0.717) is 25.7 Å². The van der Waals surface area contributed by atoms with Crippen molar-refractivity contribution >= 4 is 27.5 Å². The molecule has 1 spiro atoms. The van der Waals surface area contributed by atoms with Gasteiger partial charge < -0.3 is 4.74 Å². The van der Waals surface area contributed by atoms with Gasteiger partial charge >= 0.3 is 5.97 Å². The fraction of sp³-hybridized carbons (Fsp3) is 0.417. The molecule has 0 aromatic heterocycles. The quantitative estimate of drug-likeness (QED) is 0.358. The van der Waals surface area contributed by atoms with Crippen molar-refractivity contribution < 1.29 is 27.7 Å². The molecule has 9 nitrogen and oxygen atoms in total. The Labute approximate surface area is 197 Å². The largest absolute Gasteiger partial charge is 0.456 e. The number of nitro benzene ring substituents is 1. The summed E-state index contributed by atoms with van der Waals surface area (Å²) in [6.07, 6.45) is 1.61. The number of carbonyl (C=O) groups excluding carboxylic acids is 2. The number of piperidine rings is 1. The van der Waals surface area contributed by atoms with Crippen LogP contribution in [0.4, 0.5) is 5.69 Å². The molecule has 1 aliphatic heterocycles. The Morgan fingerprint density at radius 2 is 1.76 bits per heavy atom. The number of hydrogen-bond acceptors (Lipinski definition) is 7. The zero-order chi connectivity index (χ0) is 24.5. The molecular formula is C24H26N2O7S. The molecule has 2 aliphatic rings. The molecule has 0 N–H and O–H groups in total. The second-order valence-corrected chi connectivity index (χ2v) is 10.6. The number of ketones is 1. The van der Waals surface area contributed by atoms with Gasteiger partial charge in [-0.1, -0.05) is 24.1 Å². The number of non-ortho nitro benzene ring substituents is 1. The van der Waals surface area contributed by atoms with Crippen LogP contribution in [-0.2, 0) is 19.6 Å². The molecule has 180 valence electrons. The van der Waals surface area contributed by atoms with E-state index in [1.54, 1.807) is 12.1 Å². The summed E-state index contributed by atoms with van der Waals surface area (Å²) in [5, 5.41) is 10.9. The van der Waals surface area contributed by atoms with Gasteiger partial charge in [-0.05, 0) is 56.9 Å². The second kappa shape index (κ2) is 9.27. The summed E-state index contributed by atoms with van der Waals surface area (Å²) in [6, 6.07) is 11.5. The summed E-state index contributed by atoms with van der Waals surface area (Å²) in [4.78, 5) is 36.7. The Kier molecular flexibility index (Phi) is 6.55. The number of hydrogen-bond donors (Lipinski definition) is 0. The van der Waals surface area contributed by atoms with E-state index in [1.807, 2.05) is 6.92 Å². The number of Topliss-reactive ketones (excluding diaryl/α,β-unsaturated/α-hetero) is 1. The van der Waals surface area contributed by atoms with Crippen LogP contribution in [0.1, 0.15) is 54.4 Å². The summed E-state index contributed by atoms with van der Waals surface area (Å²) < 4.78 is 34.4. The molecule has 1 heterocycles. The van der Waals surface area contributed by atoms with Crippen molar-refractivity contribution in [3.63, 3.8) is 0 Å². The SMILES string of the molecule is Cc1ccc(S(=O)(=O)N2CCC[C@H](OC(=O)c3ccc([N+](=O)[O-])cc3)[C@@]23CCCCC3=O)cc1. The summed E-state index contributed by atoms with van der Waals surface area (Å²) >= 11 is 0. The van der Waals surface area contributed by atoms with E-state index < -0.39 is 32.6 Å². The summed E-state index contributed by atoms with van der Waals surface area (Å²) in [5.74, 6) is -0.983. The monoisotopic (exact) mass is 486 g/mol. The molecular weight excluding hydrogens is 460 g/mol. The first-order valence-electron chi connectivity index (χ1n) is 11.2. The van der Waals surface area contributed by atoms with Gasteiger partial charge in [-0.15, -0.1) is 0 Å². The molecule has 2 fully saturated rings. The van der Waals surface area contributed by atoms with Gasteiger partial charge in [-0.25, -0.2) is 13.2 Å². The standard InChI is InChI=1S/C24H26N2O7S/c1-17-7-13-20(14-8-17)34(31,32)25-16-4-6-22(24(25)15-3-2-5-21(24)27)33-23(28)18-9-11-19(12-10-18)26(29)30/h7-14,22H,2-6,15-16H2,1H3/t22-,24-/m0/s1. The van der Waals surface area contributed by atoms with Crippen molar-refractivity contribution in [3.05, 3.63) is 69.8 Å². The normalized spacial score (nSPS) is 23.6. The number of ether oxygens (including phenoxy) is 1. The molecule has 0 amide bonds. The van der Waals surface area contributed by atoms with E-state index in [0.717, 1.165) is 5.56 Å². The van der Waals surface area contributed by atoms with E-state index in [4.69, 9.17) is 4.74 Å². The molecule has 0 bridgehead atoms. The number of sulfonamides is 1. The van der Waals surface area contributed by atoms with Gasteiger partial charge in [0.1, 0.15) is 11.6 Å². The van der Waals surface area contributed by atoms with Crippen LogP contribution in [0.3, 0.4) is 0 Å². The topological polar surface area (TPSA) is 124 Å². The number of nitro groups is 1. The van der Waals surface area contributed by atoms with Crippen LogP contribution >= 0.6 is 0 Å². The molecule has 2 aromatic carbocycles. The van der Waals surface area contributed by atoms with Crippen molar-refractivity contribution in [2.24, 2.45) is 0 Å². The lowest BCUT2D eigenvalue weighted by atomic mass is 9.73. The number of carbonyl (C=O) groups is 2. The molecule has 2 aromatic rings. The summed E-state index contributed by atoms with van der Waals surface area (Å²) in [5.41, 5.74) is -0.613. The third-order valence-electron chi connectivity index (χ3n) is 6.67. The molecule has 0 radical (unpaired) electrons. The molecule has 10 heteroatoms. The molecule has 34 heavy (non-hydrogen) atoms.